The maximum Gasteiger partial charge on any atom is 0.492 e. The molecule has 8 nitrogen and oxygen atoms in total. The van der Waals surface area contributed by atoms with Gasteiger partial charge in [0.05, 0.1) is 26.4 Å². The van der Waals surface area contributed by atoms with Crippen LogP contribution >= 0.6 is 15.9 Å². The highest BCUT2D eigenvalue weighted by Crippen LogP contribution is 2.11. The Hall–Kier alpha value is -1.06. The first-order valence-corrected chi connectivity index (χ1v) is 4.87. The first-order valence-electron chi connectivity index (χ1n) is 4.08. The molecule has 0 aliphatic heterocycles. The minimum Gasteiger partial charge on any atom is -0.394 e. The summed E-state index contributed by atoms with van der Waals surface area (Å²) in [6, 6.07) is 0. The Balaban J connectivity index is 2.50. The fraction of sp³-hybridized carbons (Fsp3) is 0.667. The van der Waals surface area contributed by atoms with E-state index in [9.17, 15) is 10.1 Å². The van der Waals surface area contributed by atoms with E-state index in [1.165, 1.54) is 4.68 Å². The monoisotopic (exact) mass is 280 g/mol. The van der Waals surface area contributed by atoms with Crippen LogP contribution in [-0.4, -0.2) is 44.6 Å². The van der Waals surface area contributed by atoms with Gasteiger partial charge >= 0.3 is 5.95 Å². The van der Waals surface area contributed by atoms with Gasteiger partial charge in [0, 0.05) is 21.0 Å². The van der Waals surface area contributed by atoms with Crippen molar-refractivity contribution in [3.05, 3.63) is 14.8 Å². The first-order chi connectivity index (χ1) is 7.15. The lowest BCUT2D eigenvalue weighted by atomic mass is 10.7. The van der Waals surface area contributed by atoms with Gasteiger partial charge in [-0.3, -0.25) is 0 Å². The number of ether oxygens (including phenoxy) is 1. The molecule has 1 rings (SSSR count). The van der Waals surface area contributed by atoms with Gasteiger partial charge in [-0.2, -0.15) is 4.68 Å². The summed E-state index contributed by atoms with van der Waals surface area (Å²) in [6.07, 6.45) is 0. The standard InChI is InChI=1S/C6H9BrN4O4/c7-5-8-6(11(13)14)9-10(5)1-3-15-4-2-12/h12H,1-4H2. The molecule has 0 radical (unpaired) electrons. The molecule has 1 aromatic rings. The zero-order valence-corrected chi connectivity index (χ0v) is 9.25. The SMILES string of the molecule is O=[N+]([O-])c1nc(Br)n(CCOCCO)n1. The number of hydrogen-bond acceptors (Lipinski definition) is 6. The van der Waals surface area contributed by atoms with Crippen LogP contribution in [-0.2, 0) is 11.3 Å². The molecule has 0 saturated carbocycles. The molecule has 0 bridgehead atoms. The van der Waals surface area contributed by atoms with Crippen LogP contribution in [0, 0.1) is 10.1 Å². The molecule has 9 heteroatoms. The average molecular weight is 281 g/mol. The highest BCUT2D eigenvalue weighted by atomic mass is 79.9. The molecular weight excluding hydrogens is 272 g/mol. The van der Waals surface area contributed by atoms with Gasteiger partial charge in [-0.15, -0.1) is 0 Å². The quantitative estimate of drug-likeness (QED) is 0.445. The summed E-state index contributed by atoms with van der Waals surface area (Å²) in [5, 5.41) is 22.4. The summed E-state index contributed by atoms with van der Waals surface area (Å²) in [4.78, 5) is 13.2. The van der Waals surface area contributed by atoms with Crippen LogP contribution in [0.5, 0.6) is 0 Å². The summed E-state index contributed by atoms with van der Waals surface area (Å²) in [5.41, 5.74) is 0. The number of aromatic nitrogens is 3. The third kappa shape index (κ3) is 3.53. The van der Waals surface area contributed by atoms with Crippen molar-refractivity contribution in [1.82, 2.24) is 14.8 Å². The smallest absolute Gasteiger partial charge is 0.394 e. The van der Waals surface area contributed by atoms with Crippen LogP contribution in [0.25, 0.3) is 0 Å². The lowest BCUT2D eigenvalue weighted by Gasteiger charge is -1.99. The second-order valence-corrected chi connectivity index (χ2v) is 3.21. The molecule has 0 unspecified atom stereocenters. The summed E-state index contributed by atoms with van der Waals surface area (Å²) in [7, 11) is 0. The Kier molecular flexibility index (Phi) is 4.59. The van der Waals surface area contributed by atoms with E-state index in [4.69, 9.17) is 9.84 Å². The molecule has 1 N–H and O–H groups in total. The molecule has 0 atom stereocenters. The van der Waals surface area contributed by atoms with Gasteiger partial charge in [-0.1, -0.05) is 0 Å². The number of rotatable bonds is 6. The number of aliphatic hydroxyl groups excluding tert-OH is 1. The predicted octanol–water partition coefficient (Wildman–Crippen LogP) is -0.0423. The van der Waals surface area contributed by atoms with Crippen molar-refractivity contribution in [3.8, 4) is 0 Å². The maximum atomic E-state index is 10.3. The van der Waals surface area contributed by atoms with Gasteiger partial charge in [0.1, 0.15) is 0 Å². The molecule has 0 aromatic carbocycles. The molecule has 0 aliphatic rings. The van der Waals surface area contributed by atoms with E-state index in [0.29, 0.717) is 13.2 Å². The fourth-order valence-electron chi connectivity index (χ4n) is 0.849. The van der Waals surface area contributed by atoms with E-state index >= 15 is 0 Å². The summed E-state index contributed by atoms with van der Waals surface area (Å²) < 4.78 is 6.58. The van der Waals surface area contributed by atoms with E-state index in [0.717, 1.165) is 0 Å². The first kappa shape index (κ1) is 12.0. The summed E-state index contributed by atoms with van der Waals surface area (Å²) in [5.74, 6) is -0.455. The van der Waals surface area contributed by atoms with Gasteiger partial charge in [-0.05, 0) is 9.91 Å². The van der Waals surface area contributed by atoms with Gasteiger partial charge in [0.2, 0.25) is 0 Å². The van der Waals surface area contributed by atoms with Gasteiger partial charge in [0.25, 0.3) is 4.73 Å². The number of hydrogen-bond donors (Lipinski definition) is 1. The zero-order chi connectivity index (χ0) is 11.3. The molecular formula is C6H9BrN4O4. The Morgan fingerprint density at radius 2 is 2.33 bits per heavy atom. The third-order valence-corrected chi connectivity index (χ3v) is 2.05. The van der Waals surface area contributed by atoms with Crippen molar-refractivity contribution in [2.45, 2.75) is 6.54 Å². The molecule has 1 aromatic heterocycles. The van der Waals surface area contributed by atoms with Crippen molar-refractivity contribution in [3.63, 3.8) is 0 Å². The topological polar surface area (TPSA) is 103 Å². The average Bonchev–Trinajstić information content (AvgIpc) is 2.55. The van der Waals surface area contributed by atoms with E-state index in [2.05, 4.69) is 26.0 Å². The Morgan fingerprint density at radius 3 is 2.87 bits per heavy atom. The van der Waals surface area contributed by atoms with E-state index in [-0.39, 0.29) is 17.9 Å². The van der Waals surface area contributed by atoms with Crippen LogP contribution in [0.1, 0.15) is 0 Å². The third-order valence-electron chi connectivity index (χ3n) is 1.46. The van der Waals surface area contributed by atoms with E-state index in [1.807, 2.05) is 0 Å². The number of nitrogens with zero attached hydrogens (tertiary/aromatic N) is 4. The number of nitro groups is 1. The fourth-order valence-corrected chi connectivity index (χ4v) is 1.26. The molecule has 15 heavy (non-hydrogen) atoms. The normalized spacial score (nSPS) is 10.5. The highest BCUT2D eigenvalue weighted by Gasteiger charge is 2.18. The van der Waals surface area contributed by atoms with Crippen LogP contribution in [0.4, 0.5) is 5.95 Å². The Morgan fingerprint density at radius 1 is 1.60 bits per heavy atom. The van der Waals surface area contributed by atoms with Crippen LogP contribution in [0.3, 0.4) is 0 Å². The molecule has 0 saturated heterocycles. The van der Waals surface area contributed by atoms with Crippen LogP contribution in [0.2, 0.25) is 0 Å². The molecule has 1 heterocycles. The van der Waals surface area contributed by atoms with E-state index in [1.54, 1.807) is 0 Å². The van der Waals surface area contributed by atoms with Gasteiger partial charge in [-0.25, -0.2) is 0 Å². The van der Waals surface area contributed by atoms with E-state index < -0.39 is 10.9 Å². The van der Waals surface area contributed by atoms with Crippen molar-refractivity contribution in [1.29, 1.82) is 0 Å². The largest absolute Gasteiger partial charge is 0.492 e. The molecule has 0 amide bonds. The summed E-state index contributed by atoms with van der Waals surface area (Å²) >= 11 is 3.03. The predicted molar refractivity (Wildman–Crippen MR) is 52.3 cm³/mol. The highest BCUT2D eigenvalue weighted by molar-refractivity contribution is 9.10. The van der Waals surface area contributed by atoms with Crippen LogP contribution < -0.4 is 0 Å². The molecule has 84 valence electrons. The Bertz CT molecular complexity index is 342. The van der Waals surface area contributed by atoms with Gasteiger partial charge < -0.3 is 20.0 Å². The second kappa shape index (κ2) is 5.73. The minimum absolute atomic E-state index is 0.0569. The van der Waals surface area contributed by atoms with Crippen molar-refractivity contribution in [2.24, 2.45) is 0 Å². The Labute approximate surface area is 93.1 Å². The molecule has 0 fully saturated rings. The lowest BCUT2D eigenvalue weighted by Crippen LogP contribution is -2.10. The second-order valence-electron chi connectivity index (χ2n) is 2.50. The van der Waals surface area contributed by atoms with Crippen LogP contribution in [0.15, 0.2) is 4.73 Å². The maximum absolute atomic E-state index is 10.3. The van der Waals surface area contributed by atoms with Crippen molar-refractivity contribution in [2.75, 3.05) is 19.8 Å². The van der Waals surface area contributed by atoms with Crippen molar-refractivity contribution < 1.29 is 14.8 Å². The number of aliphatic hydroxyl groups is 1. The van der Waals surface area contributed by atoms with Crippen molar-refractivity contribution >= 4 is 21.9 Å². The lowest BCUT2D eigenvalue weighted by molar-refractivity contribution is -0.394. The molecule has 0 spiro atoms. The zero-order valence-electron chi connectivity index (χ0n) is 7.67. The molecule has 0 aliphatic carbocycles. The minimum atomic E-state index is -0.671. The van der Waals surface area contributed by atoms with Gasteiger partial charge in [0.15, 0.2) is 0 Å². The summed E-state index contributed by atoms with van der Waals surface area (Å²) in [6.45, 7) is 0.814. The number of halogens is 1.